The van der Waals surface area contributed by atoms with Crippen LogP contribution in [-0.2, 0) is 11.2 Å². The summed E-state index contributed by atoms with van der Waals surface area (Å²) >= 11 is 1.26. The highest BCUT2D eigenvalue weighted by molar-refractivity contribution is 7.09. The van der Waals surface area contributed by atoms with E-state index in [0.717, 1.165) is 41.9 Å². The second kappa shape index (κ2) is 8.48. The zero-order valence-electron chi connectivity index (χ0n) is 17.7. The fourth-order valence-electron chi connectivity index (χ4n) is 4.41. The number of rotatable bonds is 5. The van der Waals surface area contributed by atoms with Gasteiger partial charge in [-0.05, 0) is 61.6 Å². The van der Waals surface area contributed by atoms with Crippen molar-refractivity contribution in [1.29, 1.82) is 0 Å². The first-order valence-corrected chi connectivity index (χ1v) is 11.5. The molecule has 3 aromatic rings. The van der Waals surface area contributed by atoms with E-state index in [4.69, 9.17) is 0 Å². The Morgan fingerprint density at radius 2 is 2.12 bits per heavy atom. The van der Waals surface area contributed by atoms with Crippen molar-refractivity contribution in [3.63, 3.8) is 0 Å². The quantitative estimate of drug-likeness (QED) is 0.617. The summed E-state index contributed by atoms with van der Waals surface area (Å²) in [6, 6.07) is 10.7. The van der Waals surface area contributed by atoms with Gasteiger partial charge in [0, 0.05) is 42.1 Å². The van der Waals surface area contributed by atoms with Crippen LogP contribution in [0.5, 0.6) is 0 Å². The predicted octanol–water partition coefficient (Wildman–Crippen LogP) is 3.22. The number of benzene rings is 2. The number of hydrogen-bond donors (Lipinski definition) is 2. The Kier molecular flexibility index (Phi) is 5.52. The Balaban J connectivity index is 1.30. The van der Waals surface area contributed by atoms with Crippen LogP contribution in [-0.4, -0.2) is 52.7 Å². The third-order valence-electron chi connectivity index (χ3n) is 5.98. The lowest BCUT2D eigenvalue weighted by molar-refractivity contribution is -0.116. The Morgan fingerprint density at radius 3 is 2.88 bits per heavy atom. The number of aryl methyl sites for hydroxylation is 1. The predicted molar refractivity (Wildman–Crippen MR) is 124 cm³/mol. The number of amides is 1. The molecule has 0 radical (unpaired) electrons. The van der Waals surface area contributed by atoms with Gasteiger partial charge < -0.3 is 20.2 Å². The molecule has 2 aliphatic rings. The van der Waals surface area contributed by atoms with Crippen LogP contribution >= 0.6 is 11.5 Å². The highest BCUT2D eigenvalue weighted by Gasteiger charge is 2.30. The largest absolute Gasteiger partial charge is 0.391 e. The van der Waals surface area contributed by atoms with Gasteiger partial charge in [0.15, 0.2) is 0 Å². The molecule has 32 heavy (non-hydrogen) atoms. The summed E-state index contributed by atoms with van der Waals surface area (Å²) in [5, 5.41) is 13.6. The van der Waals surface area contributed by atoms with Crippen LogP contribution in [0.15, 0.2) is 36.4 Å². The number of aliphatic hydroxyl groups is 1. The van der Waals surface area contributed by atoms with Crippen LogP contribution in [0, 0.1) is 12.7 Å². The Morgan fingerprint density at radius 1 is 1.28 bits per heavy atom. The highest BCUT2D eigenvalue weighted by Crippen LogP contribution is 2.37. The van der Waals surface area contributed by atoms with Gasteiger partial charge in [-0.1, -0.05) is 6.07 Å². The van der Waals surface area contributed by atoms with Crippen LogP contribution in [0.4, 0.5) is 21.5 Å². The van der Waals surface area contributed by atoms with E-state index in [1.165, 1.54) is 17.6 Å². The van der Waals surface area contributed by atoms with Gasteiger partial charge >= 0.3 is 0 Å². The van der Waals surface area contributed by atoms with Crippen LogP contribution in [0.3, 0.4) is 0 Å². The molecule has 0 aliphatic carbocycles. The lowest BCUT2D eigenvalue weighted by atomic mass is 10.1. The minimum Gasteiger partial charge on any atom is -0.391 e. The standard InChI is InChI=1S/C23H24FN5O2S/c1-14-26-23(32-27-14)15-5-6-18(24)19(11-15)25-12-22(31)29-10-8-17-20(3-2-4-21(17)29)28-9-7-16(30)13-28/h2-6,11,16,25,30H,7-10,12-13H2,1H3. The Labute approximate surface area is 189 Å². The summed E-state index contributed by atoms with van der Waals surface area (Å²) in [7, 11) is 0. The lowest BCUT2D eigenvalue weighted by Crippen LogP contribution is -2.34. The molecule has 1 amide bonds. The van der Waals surface area contributed by atoms with Gasteiger partial charge in [-0.3, -0.25) is 4.79 Å². The highest BCUT2D eigenvalue weighted by atomic mass is 32.1. The van der Waals surface area contributed by atoms with Crippen molar-refractivity contribution in [2.75, 3.05) is 41.3 Å². The number of β-amino-alcohol motifs (C(OH)–C–C–N with tert-alkyl or cyclic N) is 1. The van der Waals surface area contributed by atoms with Crippen molar-refractivity contribution >= 4 is 34.5 Å². The summed E-state index contributed by atoms with van der Waals surface area (Å²) in [5.41, 5.74) is 4.15. The topological polar surface area (TPSA) is 81.6 Å². The maximum atomic E-state index is 14.4. The average Bonchev–Trinajstić information content (AvgIpc) is 3.52. The summed E-state index contributed by atoms with van der Waals surface area (Å²) in [4.78, 5) is 21.3. The molecular weight excluding hydrogens is 429 g/mol. The first-order chi connectivity index (χ1) is 15.5. The summed E-state index contributed by atoms with van der Waals surface area (Å²) < 4.78 is 18.5. The minimum absolute atomic E-state index is 0.0123. The van der Waals surface area contributed by atoms with E-state index < -0.39 is 5.82 Å². The normalized spacial score (nSPS) is 17.7. The van der Waals surface area contributed by atoms with Gasteiger partial charge in [0.1, 0.15) is 16.6 Å². The first kappa shape index (κ1) is 20.8. The monoisotopic (exact) mass is 453 g/mol. The number of nitrogens with zero attached hydrogens (tertiary/aromatic N) is 4. The van der Waals surface area contributed by atoms with E-state index in [-0.39, 0.29) is 24.2 Å². The molecule has 2 aromatic carbocycles. The van der Waals surface area contributed by atoms with Gasteiger partial charge in [0.05, 0.1) is 18.3 Å². The molecule has 3 heterocycles. The molecule has 1 aromatic heterocycles. The molecule has 0 spiro atoms. The average molecular weight is 454 g/mol. The Hall–Kier alpha value is -3.04. The van der Waals surface area contributed by atoms with E-state index >= 15 is 0 Å². The van der Waals surface area contributed by atoms with Gasteiger partial charge in [-0.25, -0.2) is 9.37 Å². The number of carbonyl (C=O) groups is 1. The van der Waals surface area contributed by atoms with Gasteiger partial charge in [-0.15, -0.1) is 0 Å². The third-order valence-corrected chi connectivity index (χ3v) is 6.83. The van der Waals surface area contributed by atoms with Crippen molar-refractivity contribution < 1.29 is 14.3 Å². The second-order valence-corrected chi connectivity index (χ2v) is 8.91. The number of nitrogens with one attached hydrogen (secondary N) is 1. The number of aromatic nitrogens is 2. The second-order valence-electron chi connectivity index (χ2n) is 8.15. The van der Waals surface area contributed by atoms with Gasteiger partial charge in [0.25, 0.3) is 0 Å². The van der Waals surface area contributed by atoms with E-state index in [9.17, 15) is 14.3 Å². The SMILES string of the molecule is Cc1nsc(-c2ccc(F)c(NCC(=O)N3CCc4c(N5CCC(O)C5)cccc43)c2)n1. The number of carbonyl (C=O) groups excluding carboxylic acids is 1. The van der Waals surface area contributed by atoms with E-state index in [0.29, 0.717) is 23.9 Å². The van der Waals surface area contributed by atoms with E-state index in [1.54, 1.807) is 17.0 Å². The minimum atomic E-state index is -0.417. The van der Waals surface area contributed by atoms with Gasteiger partial charge in [0.2, 0.25) is 5.91 Å². The molecular formula is C23H24FN5O2S. The summed E-state index contributed by atoms with van der Waals surface area (Å²) in [6.45, 7) is 3.83. The Bertz CT molecular complexity index is 1170. The van der Waals surface area contributed by atoms with Crippen LogP contribution in [0.2, 0.25) is 0 Å². The number of anilines is 3. The van der Waals surface area contributed by atoms with E-state index in [1.807, 2.05) is 19.1 Å². The molecule has 1 unspecified atom stereocenters. The maximum Gasteiger partial charge on any atom is 0.246 e. The summed E-state index contributed by atoms with van der Waals surface area (Å²) in [6.07, 6.45) is 1.23. The molecule has 0 saturated carbocycles. The van der Waals surface area contributed by atoms with Crippen molar-refractivity contribution in [1.82, 2.24) is 9.36 Å². The van der Waals surface area contributed by atoms with Crippen molar-refractivity contribution in [2.24, 2.45) is 0 Å². The zero-order chi connectivity index (χ0) is 22.2. The number of halogens is 1. The third kappa shape index (κ3) is 3.93. The molecule has 5 rings (SSSR count). The zero-order valence-corrected chi connectivity index (χ0v) is 18.5. The molecule has 9 heteroatoms. The lowest BCUT2D eigenvalue weighted by Gasteiger charge is -2.22. The molecule has 1 saturated heterocycles. The number of hydrogen-bond acceptors (Lipinski definition) is 7. The van der Waals surface area contributed by atoms with Crippen LogP contribution in [0.1, 0.15) is 17.8 Å². The van der Waals surface area contributed by atoms with Gasteiger partial charge in [-0.2, -0.15) is 4.37 Å². The molecule has 2 aliphatic heterocycles. The molecule has 166 valence electrons. The fourth-order valence-corrected chi connectivity index (χ4v) is 5.07. The van der Waals surface area contributed by atoms with Crippen molar-refractivity contribution in [3.8, 4) is 10.6 Å². The van der Waals surface area contributed by atoms with Crippen LogP contribution in [0.25, 0.3) is 10.6 Å². The number of fused-ring (bicyclic) bond motifs is 1. The smallest absolute Gasteiger partial charge is 0.246 e. The maximum absolute atomic E-state index is 14.4. The fraction of sp³-hybridized carbons (Fsp3) is 0.348. The molecule has 0 bridgehead atoms. The molecule has 7 nitrogen and oxygen atoms in total. The molecule has 1 atom stereocenters. The molecule has 2 N–H and O–H groups in total. The summed E-state index contributed by atoms with van der Waals surface area (Å²) in [5.74, 6) is 0.146. The molecule has 1 fully saturated rings. The first-order valence-electron chi connectivity index (χ1n) is 10.7. The van der Waals surface area contributed by atoms with E-state index in [2.05, 4.69) is 25.6 Å². The van der Waals surface area contributed by atoms with Crippen molar-refractivity contribution in [2.45, 2.75) is 25.9 Å². The van der Waals surface area contributed by atoms with Crippen molar-refractivity contribution in [3.05, 3.63) is 53.6 Å². The van der Waals surface area contributed by atoms with Crippen LogP contribution < -0.4 is 15.1 Å². The number of aliphatic hydroxyl groups excluding tert-OH is 1.